The third kappa shape index (κ3) is 5.96. The quantitative estimate of drug-likeness (QED) is 0.660. The molecule has 30 heavy (non-hydrogen) atoms. The summed E-state index contributed by atoms with van der Waals surface area (Å²) in [6.07, 6.45) is 5.06. The van der Waals surface area contributed by atoms with Crippen molar-refractivity contribution in [3.05, 3.63) is 34.9 Å². The highest BCUT2D eigenvalue weighted by Crippen LogP contribution is 2.32. The van der Waals surface area contributed by atoms with E-state index < -0.39 is 11.2 Å². The maximum Gasteiger partial charge on any atom is 0.410 e. The second kappa shape index (κ2) is 9.67. The van der Waals surface area contributed by atoms with Crippen molar-refractivity contribution >= 4 is 6.09 Å². The first-order chi connectivity index (χ1) is 14.2. The predicted octanol–water partition coefficient (Wildman–Crippen LogP) is 3.33. The smallest absolute Gasteiger partial charge is 0.410 e. The molecule has 1 amide bonds. The van der Waals surface area contributed by atoms with Gasteiger partial charge in [-0.1, -0.05) is 24.6 Å². The largest absolute Gasteiger partial charge is 0.444 e. The zero-order valence-corrected chi connectivity index (χ0v) is 18.7. The molecule has 1 saturated heterocycles. The van der Waals surface area contributed by atoms with Crippen LogP contribution in [0.5, 0.6) is 0 Å². The lowest BCUT2D eigenvalue weighted by Gasteiger charge is -2.34. The molecule has 2 heterocycles. The van der Waals surface area contributed by atoms with Gasteiger partial charge in [0.15, 0.2) is 0 Å². The number of hydrogen-bond donors (Lipinski definition) is 3. The molecule has 1 aromatic rings. The minimum atomic E-state index is -1.18. The Morgan fingerprint density at radius 3 is 2.63 bits per heavy atom. The average Bonchev–Trinajstić information content (AvgIpc) is 2.72. The van der Waals surface area contributed by atoms with E-state index >= 15 is 0 Å². The highest BCUT2D eigenvalue weighted by Gasteiger charge is 2.31. The first kappa shape index (κ1) is 23.0. The number of carbonyl (C=O) groups is 1. The zero-order valence-electron chi connectivity index (χ0n) is 18.7. The molecule has 1 aromatic carbocycles. The molecule has 1 unspecified atom stereocenters. The van der Waals surface area contributed by atoms with Crippen LogP contribution >= 0.6 is 0 Å². The van der Waals surface area contributed by atoms with Crippen LogP contribution in [-0.4, -0.2) is 53.0 Å². The molecule has 0 radical (unpaired) electrons. The second-order valence-corrected chi connectivity index (χ2v) is 9.90. The number of ether oxygens (including phenoxy) is 1. The summed E-state index contributed by atoms with van der Waals surface area (Å²) < 4.78 is 5.46. The van der Waals surface area contributed by atoms with E-state index in [1.165, 1.54) is 11.1 Å². The Bertz CT molecular complexity index is 722. The molecule has 6 heteroatoms. The summed E-state index contributed by atoms with van der Waals surface area (Å²) >= 11 is 0. The Morgan fingerprint density at radius 2 is 1.97 bits per heavy atom. The van der Waals surface area contributed by atoms with Crippen molar-refractivity contribution in [2.75, 3.05) is 26.2 Å². The van der Waals surface area contributed by atoms with E-state index in [1.54, 1.807) is 4.90 Å². The number of rotatable bonds is 6. The van der Waals surface area contributed by atoms with Crippen molar-refractivity contribution in [2.24, 2.45) is 5.92 Å². The highest BCUT2D eigenvalue weighted by molar-refractivity contribution is 5.68. The molecule has 2 aliphatic rings. The molecule has 168 valence electrons. The summed E-state index contributed by atoms with van der Waals surface area (Å²) in [5.41, 5.74) is 1.73. The predicted molar refractivity (Wildman–Crippen MR) is 117 cm³/mol. The number of benzene rings is 1. The molecule has 0 aliphatic carbocycles. The van der Waals surface area contributed by atoms with Crippen LogP contribution < -0.4 is 5.32 Å². The molecule has 1 fully saturated rings. The minimum absolute atomic E-state index is 0.224. The highest BCUT2D eigenvalue weighted by atomic mass is 16.6. The van der Waals surface area contributed by atoms with Gasteiger partial charge in [-0.05, 0) is 82.0 Å². The monoisotopic (exact) mass is 418 g/mol. The van der Waals surface area contributed by atoms with Crippen LogP contribution in [-0.2, 0) is 23.3 Å². The molecule has 3 rings (SSSR count). The van der Waals surface area contributed by atoms with Crippen molar-refractivity contribution in [3.63, 3.8) is 0 Å². The van der Waals surface area contributed by atoms with E-state index in [-0.39, 0.29) is 12.7 Å². The number of fused-ring (bicyclic) bond motifs is 1. The summed E-state index contributed by atoms with van der Waals surface area (Å²) in [4.78, 5) is 14.0. The number of amides is 1. The number of aliphatic hydroxyl groups is 2. The number of nitrogens with one attached hydrogen (secondary N) is 1. The van der Waals surface area contributed by atoms with Gasteiger partial charge in [0, 0.05) is 19.6 Å². The summed E-state index contributed by atoms with van der Waals surface area (Å²) in [5, 5.41) is 24.4. The maximum atomic E-state index is 12.2. The zero-order chi connectivity index (χ0) is 21.8. The first-order valence-electron chi connectivity index (χ1n) is 11.3. The molecule has 0 spiro atoms. The van der Waals surface area contributed by atoms with Gasteiger partial charge in [-0.3, -0.25) is 0 Å². The summed E-state index contributed by atoms with van der Waals surface area (Å²) in [6.45, 7) is 8.68. The molecular weight excluding hydrogens is 380 g/mol. The van der Waals surface area contributed by atoms with Gasteiger partial charge in [-0.25, -0.2) is 4.79 Å². The Kier molecular flexibility index (Phi) is 7.43. The number of piperidine rings is 1. The van der Waals surface area contributed by atoms with Crippen LogP contribution in [0.1, 0.15) is 69.6 Å². The van der Waals surface area contributed by atoms with Gasteiger partial charge in [0.25, 0.3) is 0 Å². The molecule has 1 atom stereocenters. The molecule has 6 nitrogen and oxygen atoms in total. The van der Waals surface area contributed by atoms with Gasteiger partial charge in [0.2, 0.25) is 0 Å². The average molecular weight is 419 g/mol. The molecule has 2 aliphatic heterocycles. The van der Waals surface area contributed by atoms with E-state index in [9.17, 15) is 15.0 Å². The molecular formula is C24H38N2O4. The second-order valence-electron chi connectivity index (χ2n) is 9.90. The molecule has 0 bridgehead atoms. The number of carbonyl (C=O) groups excluding carboxylic acids is 1. The van der Waals surface area contributed by atoms with Crippen molar-refractivity contribution in [1.82, 2.24) is 10.2 Å². The Hall–Kier alpha value is -1.63. The van der Waals surface area contributed by atoms with Crippen molar-refractivity contribution in [1.29, 1.82) is 0 Å². The third-order valence-corrected chi connectivity index (χ3v) is 6.36. The normalized spacial score (nSPS) is 19.8. The van der Waals surface area contributed by atoms with Gasteiger partial charge in [-0.15, -0.1) is 0 Å². The standard InChI is InChI=1S/C24H38N2O4/c1-23(2,3)30-22(28)26-13-9-18(10-14-26)5-4-11-24(29,17-27)21-7-6-20-16-25-12-8-19(20)15-21/h6-7,15,18,25,27,29H,4-5,8-14,16-17H2,1-3H3. The lowest BCUT2D eigenvalue weighted by molar-refractivity contribution is -0.0293. The first-order valence-corrected chi connectivity index (χ1v) is 11.3. The Balaban J connectivity index is 1.48. The number of nitrogens with zero attached hydrogens (tertiary/aromatic N) is 1. The van der Waals surface area contributed by atoms with Crippen LogP contribution in [0.25, 0.3) is 0 Å². The fourth-order valence-electron chi connectivity index (χ4n) is 4.50. The fourth-order valence-corrected chi connectivity index (χ4v) is 4.50. The molecule has 0 saturated carbocycles. The topological polar surface area (TPSA) is 82.0 Å². The summed E-state index contributed by atoms with van der Waals surface area (Å²) in [7, 11) is 0. The Morgan fingerprint density at radius 1 is 1.23 bits per heavy atom. The summed E-state index contributed by atoms with van der Waals surface area (Å²) in [5.74, 6) is 0.543. The number of aliphatic hydroxyl groups excluding tert-OH is 1. The fraction of sp³-hybridized carbons (Fsp3) is 0.708. The SMILES string of the molecule is CC(C)(C)OC(=O)N1CCC(CCCC(O)(CO)c2ccc3c(c2)CCNC3)CC1. The summed E-state index contributed by atoms with van der Waals surface area (Å²) in [6, 6.07) is 6.11. The van der Waals surface area contributed by atoms with Gasteiger partial charge in [0.1, 0.15) is 11.2 Å². The van der Waals surface area contributed by atoms with Crippen LogP contribution in [0.3, 0.4) is 0 Å². The molecule has 0 aromatic heterocycles. The van der Waals surface area contributed by atoms with Crippen LogP contribution in [0, 0.1) is 5.92 Å². The van der Waals surface area contributed by atoms with E-state index in [2.05, 4.69) is 17.4 Å². The lowest BCUT2D eigenvalue weighted by atomic mass is 9.84. The minimum Gasteiger partial charge on any atom is -0.444 e. The van der Waals surface area contributed by atoms with Gasteiger partial charge in [0.05, 0.1) is 6.61 Å². The van der Waals surface area contributed by atoms with Gasteiger partial charge < -0.3 is 25.2 Å². The van der Waals surface area contributed by atoms with Crippen molar-refractivity contribution in [3.8, 4) is 0 Å². The van der Waals surface area contributed by atoms with E-state index in [4.69, 9.17) is 4.74 Å². The van der Waals surface area contributed by atoms with Crippen LogP contribution in [0.4, 0.5) is 4.79 Å². The van der Waals surface area contributed by atoms with E-state index in [0.29, 0.717) is 12.3 Å². The number of likely N-dealkylation sites (tertiary alicyclic amines) is 1. The maximum absolute atomic E-state index is 12.2. The van der Waals surface area contributed by atoms with Gasteiger partial charge >= 0.3 is 6.09 Å². The van der Waals surface area contributed by atoms with Crippen molar-refractivity contribution < 1.29 is 19.7 Å². The van der Waals surface area contributed by atoms with Crippen LogP contribution in [0.2, 0.25) is 0 Å². The lowest BCUT2D eigenvalue weighted by Crippen LogP contribution is -2.41. The van der Waals surface area contributed by atoms with E-state index in [0.717, 1.165) is 63.8 Å². The van der Waals surface area contributed by atoms with Crippen LogP contribution in [0.15, 0.2) is 18.2 Å². The van der Waals surface area contributed by atoms with Gasteiger partial charge in [-0.2, -0.15) is 0 Å². The van der Waals surface area contributed by atoms with Crippen molar-refractivity contribution in [2.45, 2.75) is 77.0 Å². The Labute approximate surface area is 180 Å². The molecule has 3 N–H and O–H groups in total. The number of hydrogen-bond acceptors (Lipinski definition) is 5. The third-order valence-electron chi connectivity index (χ3n) is 6.36. The van der Waals surface area contributed by atoms with E-state index in [1.807, 2.05) is 26.8 Å².